The first-order chi connectivity index (χ1) is 6.59. The Balaban J connectivity index is 1.81. The molecule has 1 aliphatic heterocycles. The second kappa shape index (κ2) is 3.51. The molecule has 1 saturated carbocycles. The summed E-state index contributed by atoms with van der Waals surface area (Å²) in [5.74, 6) is -0.816. The maximum absolute atomic E-state index is 10.4. The summed E-state index contributed by atoms with van der Waals surface area (Å²) in [6, 6.07) is 0.675. The van der Waals surface area contributed by atoms with Crippen LogP contribution < -0.4 is 0 Å². The molecule has 4 nitrogen and oxygen atoms in total. The number of hydrogen-bond acceptors (Lipinski definition) is 3. The quantitative estimate of drug-likeness (QED) is 0.690. The average molecular weight is 199 g/mol. The van der Waals surface area contributed by atoms with Crippen LogP contribution in [0.3, 0.4) is 0 Å². The molecule has 2 rings (SSSR count). The Labute approximate surface area is 83.5 Å². The highest BCUT2D eigenvalue weighted by Gasteiger charge is 2.41. The zero-order chi connectivity index (χ0) is 10.2. The third kappa shape index (κ3) is 2.25. The molecular formula is C10H17NO3. The topological polar surface area (TPSA) is 60.8 Å². The van der Waals surface area contributed by atoms with Gasteiger partial charge >= 0.3 is 5.97 Å². The molecule has 1 saturated heterocycles. The highest BCUT2D eigenvalue weighted by atomic mass is 16.4. The van der Waals surface area contributed by atoms with Crippen molar-refractivity contribution in [2.24, 2.45) is 0 Å². The Morgan fingerprint density at radius 2 is 2.21 bits per heavy atom. The van der Waals surface area contributed by atoms with Gasteiger partial charge in [0, 0.05) is 25.6 Å². The SMILES string of the molecule is O=C(O)CCC1(O)CCN(C2CC2)C1. The smallest absolute Gasteiger partial charge is 0.303 e. The van der Waals surface area contributed by atoms with Crippen LogP contribution in [0.4, 0.5) is 0 Å². The van der Waals surface area contributed by atoms with E-state index >= 15 is 0 Å². The lowest BCUT2D eigenvalue weighted by molar-refractivity contribution is -0.138. The summed E-state index contributed by atoms with van der Waals surface area (Å²) in [4.78, 5) is 12.7. The van der Waals surface area contributed by atoms with Gasteiger partial charge in [-0.2, -0.15) is 0 Å². The number of nitrogens with zero attached hydrogens (tertiary/aromatic N) is 1. The molecule has 1 atom stereocenters. The lowest BCUT2D eigenvalue weighted by atomic mass is 9.97. The van der Waals surface area contributed by atoms with Gasteiger partial charge in [0.05, 0.1) is 5.60 Å². The van der Waals surface area contributed by atoms with Crippen LogP contribution >= 0.6 is 0 Å². The summed E-state index contributed by atoms with van der Waals surface area (Å²) in [5, 5.41) is 18.6. The molecule has 0 aromatic carbocycles. The molecule has 1 aliphatic carbocycles. The molecule has 4 heteroatoms. The summed E-state index contributed by atoms with van der Waals surface area (Å²) < 4.78 is 0. The Bertz CT molecular complexity index is 240. The van der Waals surface area contributed by atoms with Crippen LogP contribution in [0.1, 0.15) is 32.1 Å². The van der Waals surface area contributed by atoms with E-state index in [-0.39, 0.29) is 6.42 Å². The predicted octanol–water partition coefficient (Wildman–Crippen LogP) is 0.450. The first-order valence-corrected chi connectivity index (χ1v) is 5.27. The second-order valence-corrected chi connectivity index (χ2v) is 4.57. The summed E-state index contributed by atoms with van der Waals surface area (Å²) >= 11 is 0. The summed E-state index contributed by atoms with van der Waals surface area (Å²) in [7, 11) is 0. The van der Waals surface area contributed by atoms with Gasteiger partial charge in [0.2, 0.25) is 0 Å². The van der Waals surface area contributed by atoms with E-state index in [1.807, 2.05) is 0 Å². The van der Waals surface area contributed by atoms with Crippen LogP contribution in [0.2, 0.25) is 0 Å². The summed E-state index contributed by atoms with van der Waals surface area (Å²) in [6.45, 7) is 1.60. The zero-order valence-electron chi connectivity index (χ0n) is 8.28. The van der Waals surface area contributed by atoms with E-state index in [0.717, 1.165) is 13.0 Å². The molecule has 1 heterocycles. The Hall–Kier alpha value is -0.610. The van der Waals surface area contributed by atoms with Gasteiger partial charge in [-0.25, -0.2) is 0 Å². The van der Waals surface area contributed by atoms with E-state index in [1.165, 1.54) is 12.8 Å². The van der Waals surface area contributed by atoms with E-state index in [1.54, 1.807) is 0 Å². The lowest BCUT2D eigenvalue weighted by Gasteiger charge is -2.22. The monoisotopic (exact) mass is 199 g/mol. The van der Waals surface area contributed by atoms with Gasteiger partial charge in [0.1, 0.15) is 0 Å². The fourth-order valence-electron chi connectivity index (χ4n) is 2.18. The van der Waals surface area contributed by atoms with Crippen LogP contribution in [-0.2, 0) is 4.79 Å². The molecule has 14 heavy (non-hydrogen) atoms. The lowest BCUT2D eigenvalue weighted by Crippen LogP contribution is -2.34. The number of carbonyl (C=O) groups is 1. The van der Waals surface area contributed by atoms with Crippen LogP contribution in [-0.4, -0.2) is 45.8 Å². The number of carboxylic acids is 1. The molecule has 0 bridgehead atoms. The number of likely N-dealkylation sites (tertiary alicyclic amines) is 1. The van der Waals surface area contributed by atoms with Gasteiger partial charge in [0.25, 0.3) is 0 Å². The van der Waals surface area contributed by atoms with Crippen molar-refractivity contribution in [2.75, 3.05) is 13.1 Å². The fraction of sp³-hybridized carbons (Fsp3) is 0.900. The van der Waals surface area contributed by atoms with Gasteiger partial charge in [-0.15, -0.1) is 0 Å². The van der Waals surface area contributed by atoms with E-state index in [4.69, 9.17) is 5.11 Å². The molecule has 0 spiro atoms. The minimum absolute atomic E-state index is 0.0784. The molecule has 0 amide bonds. The molecule has 2 N–H and O–H groups in total. The van der Waals surface area contributed by atoms with Crippen molar-refractivity contribution in [3.63, 3.8) is 0 Å². The van der Waals surface area contributed by atoms with Crippen molar-refractivity contribution in [1.82, 2.24) is 4.90 Å². The minimum atomic E-state index is -0.816. The molecule has 0 aromatic rings. The zero-order valence-corrected chi connectivity index (χ0v) is 8.28. The fourth-order valence-corrected chi connectivity index (χ4v) is 2.18. The first kappa shape index (κ1) is 9.93. The van der Waals surface area contributed by atoms with Crippen molar-refractivity contribution in [1.29, 1.82) is 0 Å². The number of hydrogen-bond donors (Lipinski definition) is 2. The third-order valence-corrected chi connectivity index (χ3v) is 3.23. The molecule has 80 valence electrons. The van der Waals surface area contributed by atoms with Crippen LogP contribution in [0.15, 0.2) is 0 Å². The highest BCUT2D eigenvalue weighted by molar-refractivity contribution is 5.66. The molecule has 2 aliphatic rings. The van der Waals surface area contributed by atoms with Crippen molar-refractivity contribution >= 4 is 5.97 Å². The second-order valence-electron chi connectivity index (χ2n) is 4.57. The average Bonchev–Trinajstić information content (AvgIpc) is 2.89. The van der Waals surface area contributed by atoms with E-state index < -0.39 is 11.6 Å². The van der Waals surface area contributed by atoms with Crippen LogP contribution in [0.25, 0.3) is 0 Å². The predicted molar refractivity (Wildman–Crippen MR) is 51.0 cm³/mol. The highest BCUT2D eigenvalue weighted by Crippen LogP contribution is 2.35. The third-order valence-electron chi connectivity index (χ3n) is 3.23. The van der Waals surface area contributed by atoms with Crippen LogP contribution in [0, 0.1) is 0 Å². The number of aliphatic hydroxyl groups is 1. The maximum atomic E-state index is 10.4. The van der Waals surface area contributed by atoms with Gasteiger partial charge in [-0.1, -0.05) is 0 Å². The van der Waals surface area contributed by atoms with E-state index in [9.17, 15) is 9.90 Å². The largest absolute Gasteiger partial charge is 0.481 e. The number of carboxylic acid groups (broad SMARTS) is 1. The minimum Gasteiger partial charge on any atom is -0.481 e. The number of aliphatic carboxylic acids is 1. The van der Waals surface area contributed by atoms with Crippen molar-refractivity contribution in [3.05, 3.63) is 0 Å². The summed E-state index contributed by atoms with van der Waals surface area (Å²) in [6.07, 6.45) is 3.70. The van der Waals surface area contributed by atoms with Gasteiger partial charge in [-0.05, 0) is 25.7 Å². The number of β-amino-alcohol motifs (C(OH)–C–C–N with tert-alkyl or cyclic N) is 1. The van der Waals surface area contributed by atoms with Crippen molar-refractivity contribution < 1.29 is 15.0 Å². The molecule has 0 radical (unpaired) electrons. The molecule has 2 fully saturated rings. The van der Waals surface area contributed by atoms with Crippen molar-refractivity contribution in [2.45, 2.75) is 43.7 Å². The van der Waals surface area contributed by atoms with E-state index in [2.05, 4.69) is 4.90 Å². The Morgan fingerprint density at radius 1 is 1.50 bits per heavy atom. The molecule has 1 unspecified atom stereocenters. The van der Waals surface area contributed by atoms with Gasteiger partial charge < -0.3 is 10.2 Å². The Morgan fingerprint density at radius 3 is 2.79 bits per heavy atom. The van der Waals surface area contributed by atoms with Gasteiger partial charge in [-0.3, -0.25) is 9.69 Å². The van der Waals surface area contributed by atoms with E-state index in [0.29, 0.717) is 19.0 Å². The Kier molecular flexibility index (Phi) is 2.49. The number of rotatable bonds is 4. The van der Waals surface area contributed by atoms with Crippen LogP contribution in [0.5, 0.6) is 0 Å². The maximum Gasteiger partial charge on any atom is 0.303 e. The standard InChI is InChI=1S/C10H17NO3/c12-9(13)3-4-10(14)5-6-11(7-10)8-1-2-8/h8,14H,1-7H2,(H,12,13). The van der Waals surface area contributed by atoms with Gasteiger partial charge in [0.15, 0.2) is 0 Å². The summed E-state index contributed by atoms with van der Waals surface area (Å²) in [5.41, 5.74) is -0.735. The normalized spacial score (nSPS) is 33.5. The molecule has 0 aromatic heterocycles. The van der Waals surface area contributed by atoms with Crippen molar-refractivity contribution in [3.8, 4) is 0 Å². The first-order valence-electron chi connectivity index (χ1n) is 5.27. The molecular weight excluding hydrogens is 182 g/mol.